The number of amides is 1. The van der Waals surface area contributed by atoms with Gasteiger partial charge in [0.25, 0.3) is 5.91 Å². The number of anilines is 1. The van der Waals surface area contributed by atoms with Crippen LogP contribution in [0.1, 0.15) is 10.4 Å². The number of nitrogens with one attached hydrogen (secondary N) is 2. The lowest BCUT2D eigenvalue weighted by molar-refractivity contribution is 0.102. The van der Waals surface area contributed by atoms with Gasteiger partial charge >= 0.3 is 0 Å². The van der Waals surface area contributed by atoms with Crippen molar-refractivity contribution in [2.24, 2.45) is 0 Å². The summed E-state index contributed by atoms with van der Waals surface area (Å²) < 4.78 is 0. The summed E-state index contributed by atoms with van der Waals surface area (Å²) in [7, 11) is 0. The number of carbonyl (C=O) groups excluding carboxylic acids is 1. The van der Waals surface area contributed by atoms with Crippen LogP contribution in [-0.4, -0.2) is 15.9 Å². The van der Waals surface area contributed by atoms with Gasteiger partial charge in [0, 0.05) is 16.8 Å². The summed E-state index contributed by atoms with van der Waals surface area (Å²) >= 11 is 0. The van der Waals surface area contributed by atoms with Crippen molar-refractivity contribution in [3.05, 3.63) is 84.4 Å². The lowest BCUT2D eigenvalue weighted by Crippen LogP contribution is -2.11. The fourth-order valence-electron chi connectivity index (χ4n) is 2.54. The first-order valence-corrected chi connectivity index (χ1v) is 7.62. The van der Waals surface area contributed by atoms with Gasteiger partial charge in [-0.1, -0.05) is 24.3 Å². The van der Waals surface area contributed by atoms with Crippen LogP contribution < -0.4 is 5.32 Å². The van der Waals surface area contributed by atoms with Crippen LogP contribution in [0, 0.1) is 6.07 Å². The van der Waals surface area contributed by atoms with Gasteiger partial charge in [0.1, 0.15) is 5.82 Å². The highest BCUT2D eigenvalue weighted by Gasteiger charge is 2.07. The second-order valence-corrected chi connectivity index (χ2v) is 5.42. The van der Waals surface area contributed by atoms with Crippen LogP contribution in [-0.2, 0) is 0 Å². The van der Waals surface area contributed by atoms with Crippen LogP contribution in [0.3, 0.4) is 0 Å². The SMILES string of the molecule is O=C(Nc1ccc(-c2nc3ccccc3[nH]2)cc1)c1cc[c]cc1. The molecule has 1 aromatic heterocycles. The molecule has 1 amide bonds. The molecule has 0 aliphatic rings. The molecule has 115 valence electrons. The van der Waals surface area contributed by atoms with Crippen LogP contribution in [0.25, 0.3) is 22.4 Å². The second kappa shape index (κ2) is 6.01. The molecule has 1 heterocycles. The topological polar surface area (TPSA) is 57.8 Å². The largest absolute Gasteiger partial charge is 0.338 e. The first kappa shape index (κ1) is 14.2. The van der Waals surface area contributed by atoms with E-state index in [2.05, 4.69) is 21.4 Å². The summed E-state index contributed by atoms with van der Waals surface area (Å²) in [6.45, 7) is 0. The lowest BCUT2D eigenvalue weighted by Gasteiger charge is -2.05. The van der Waals surface area contributed by atoms with E-state index in [-0.39, 0.29) is 5.91 Å². The summed E-state index contributed by atoms with van der Waals surface area (Å²) in [5.41, 5.74) is 4.26. The number of hydrogen-bond donors (Lipinski definition) is 2. The molecule has 0 saturated carbocycles. The van der Waals surface area contributed by atoms with Crippen molar-refractivity contribution in [2.75, 3.05) is 5.32 Å². The number of imidazole rings is 1. The molecule has 0 aliphatic carbocycles. The predicted molar refractivity (Wildman–Crippen MR) is 94.8 cm³/mol. The lowest BCUT2D eigenvalue weighted by atomic mass is 10.1. The molecule has 2 N–H and O–H groups in total. The molecule has 1 radical (unpaired) electrons. The second-order valence-electron chi connectivity index (χ2n) is 5.42. The van der Waals surface area contributed by atoms with Crippen LogP contribution >= 0.6 is 0 Å². The van der Waals surface area contributed by atoms with E-state index in [0.29, 0.717) is 5.56 Å². The minimum atomic E-state index is -0.138. The quantitative estimate of drug-likeness (QED) is 0.593. The van der Waals surface area contributed by atoms with Crippen LogP contribution in [0.5, 0.6) is 0 Å². The van der Waals surface area contributed by atoms with Gasteiger partial charge in [0.2, 0.25) is 0 Å². The standard InChI is InChI=1S/C20H14N3O/c24-20(15-6-2-1-3-7-15)21-16-12-10-14(11-13-16)19-22-17-8-4-5-9-18(17)23-19/h2-13H,(H,21,24)(H,22,23). The Morgan fingerprint density at radius 1 is 0.958 bits per heavy atom. The number of hydrogen-bond acceptors (Lipinski definition) is 2. The molecule has 3 aromatic carbocycles. The summed E-state index contributed by atoms with van der Waals surface area (Å²) in [6, 6.07) is 25.3. The molecule has 0 saturated heterocycles. The number of H-pyrrole nitrogens is 1. The van der Waals surface area contributed by atoms with Gasteiger partial charge in [-0.05, 0) is 54.6 Å². The van der Waals surface area contributed by atoms with Gasteiger partial charge in [-0.2, -0.15) is 0 Å². The third kappa shape index (κ3) is 2.77. The van der Waals surface area contributed by atoms with Gasteiger partial charge < -0.3 is 10.3 Å². The zero-order valence-electron chi connectivity index (χ0n) is 12.8. The zero-order valence-corrected chi connectivity index (χ0v) is 12.8. The highest BCUT2D eigenvalue weighted by atomic mass is 16.1. The van der Waals surface area contributed by atoms with E-state index in [9.17, 15) is 4.79 Å². The molecular formula is C20H14N3O. The molecule has 4 nitrogen and oxygen atoms in total. The number of benzene rings is 3. The Morgan fingerprint density at radius 3 is 2.46 bits per heavy atom. The van der Waals surface area contributed by atoms with Gasteiger partial charge in [0.15, 0.2) is 0 Å². The molecule has 24 heavy (non-hydrogen) atoms. The van der Waals surface area contributed by atoms with Crippen molar-refractivity contribution >= 4 is 22.6 Å². The molecule has 4 aromatic rings. The summed E-state index contributed by atoms with van der Waals surface area (Å²) in [4.78, 5) is 20.0. The first-order chi connectivity index (χ1) is 11.8. The van der Waals surface area contributed by atoms with E-state index in [4.69, 9.17) is 0 Å². The molecule has 0 atom stereocenters. The van der Waals surface area contributed by atoms with Crippen molar-refractivity contribution in [3.63, 3.8) is 0 Å². The maximum Gasteiger partial charge on any atom is 0.255 e. The number of nitrogens with zero attached hydrogens (tertiary/aromatic N) is 1. The predicted octanol–water partition coefficient (Wildman–Crippen LogP) is 4.28. The Morgan fingerprint density at radius 2 is 1.71 bits per heavy atom. The van der Waals surface area contributed by atoms with E-state index in [0.717, 1.165) is 28.1 Å². The Balaban J connectivity index is 1.55. The fraction of sp³-hybridized carbons (Fsp3) is 0. The number of aromatic nitrogens is 2. The molecule has 0 spiro atoms. The maximum atomic E-state index is 12.1. The summed E-state index contributed by atoms with van der Waals surface area (Å²) in [5, 5.41) is 2.88. The number of fused-ring (bicyclic) bond motifs is 1. The monoisotopic (exact) mass is 312 g/mol. The molecule has 4 rings (SSSR count). The number of rotatable bonds is 3. The maximum absolute atomic E-state index is 12.1. The van der Waals surface area contributed by atoms with Gasteiger partial charge in [-0.25, -0.2) is 4.98 Å². The number of aromatic amines is 1. The summed E-state index contributed by atoms with van der Waals surface area (Å²) in [6.07, 6.45) is 0. The van der Waals surface area contributed by atoms with Crippen molar-refractivity contribution in [2.45, 2.75) is 0 Å². The molecule has 0 aliphatic heterocycles. The minimum Gasteiger partial charge on any atom is -0.338 e. The van der Waals surface area contributed by atoms with E-state index in [1.165, 1.54) is 0 Å². The third-order valence-corrected chi connectivity index (χ3v) is 3.79. The Bertz CT molecular complexity index is 955. The number of para-hydroxylation sites is 2. The van der Waals surface area contributed by atoms with Gasteiger partial charge in [-0.15, -0.1) is 0 Å². The Hall–Kier alpha value is -3.40. The van der Waals surface area contributed by atoms with Gasteiger partial charge in [-0.3, -0.25) is 4.79 Å². The van der Waals surface area contributed by atoms with Gasteiger partial charge in [0.05, 0.1) is 11.0 Å². The van der Waals surface area contributed by atoms with Crippen molar-refractivity contribution in [1.29, 1.82) is 0 Å². The van der Waals surface area contributed by atoms with Crippen LogP contribution in [0.4, 0.5) is 5.69 Å². The third-order valence-electron chi connectivity index (χ3n) is 3.79. The minimum absolute atomic E-state index is 0.138. The molecule has 0 unspecified atom stereocenters. The van der Waals surface area contributed by atoms with Crippen molar-refractivity contribution in [3.8, 4) is 11.4 Å². The molecule has 0 bridgehead atoms. The van der Waals surface area contributed by atoms with Crippen molar-refractivity contribution in [1.82, 2.24) is 9.97 Å². The normalized spacial score (nSPS) is 10.7. The smallest absolute Gasteiger partial charge is 0.255 e. The average Bonchev–Trinajstić information content (AvgIpc) is 3.07. The van der Waals surface area contributed by atoms with E-state index < -0.39 is 0 Å². The molecule has 0 fully saturated rings. The zero-order chi connectivity index (χ0) is 16.4. The van der Waals surface area contributed by atoms with Crippen LogP contribution in [0.15, 0.2) is 72.8 Å². The summed E-state index contributed by atoms with van der Waals surface area (Å²) in [5.74, 6) is 0.674. The number of carbonyl (C=O) groups is 1. The van der Waals surface area contributed by atoms with Crippen molar-refractivity contribution < 1.29 is 4.79 Å². The highest BCUT2D eigenvalue weighted by Crippen LogP contribution is 2.22. The van der Waals surface area contributed by atoms with E-state index in [1.54, 1.807) is 24.3 Å². The first-order valence-electron chi connectivity index (χ1n) is 7.62. The molecule has 4 heteroatoms. The highest BCUT2D eigenvalue weighted by molar-refractivity contribution is 6.04. The fourth-order valence-corrected chi connectivity index (χ4v) is 2.54. The van der Waals surface area contributed by atoms with E-state index in [1.807, 2.05) is 48.5 Å². The Labute approximate surface area is 139 Å². The molecular weight excluding hydrogens is 298 g/mol. The Kier molecular flexibility index (Phi) is 3.56. The van der Waals surface area contributed by atoms with Crippen LogP contribution in [0.2, 0.25) is 0 Å². The van der Waals surface area contributed by atoms with E-state index >= 15 is 0 Å². The average molecular weight is 312 g/mol.